The van der Waals surface area contributed by atoms with E-state index in [-0.39, 0.29) is 17.3 Å². The Balaban J connectivity index is 2.24. The van der Waals surface area contributed by atoms with Gasteiger partial charge in [0.1, 0.15) is 0 Å². The molecule has 2 rings (SSSR count). The fourth-order valence-electron chi connectivity index (χ4n) is 1.86. The van der Waals surface area contributed by atoms with Crippen LogP contribution >= 0.6 is 0 Å². The smallest absolute Gasteiger partial charge is 0.310 e. The van der Waals surface area contributed by atoms with E-state index in [1.807, 2.05) is 0 Å². The maximum Gasteiger partial charge on any atom is 0.310 e. The van der Waals surface area contributed by atoms with Crippen molar-refractivity contribution in [1.29, 1.82) is 0 Å². The first-order valence-electron chi connectivity index (χ1n) is 5.90. The number of nitrogens with zero attached hydrogens (tertiary/aromatic N) is 2. The predicted octanol–water partition coefficient (Wildman–Crippen LogP) is 1.77. The summed E-state index contributed by atoms with van der Waals surface area (Å²) >= 11 is 0. The zero-order valence-corrected chi connectivity index (χ0v) is 10.5. The molecular weight excluding hydrogens is 252 g/mol. The summed E-state index contributed by atoms with van der Waals surface area (Å²) in [5, 5.41) is 12.1. The van der Waals surface area contributed by atoms with Gasteiger partial charge >= 0.3 is 5.69 Å². The molecule has 1 saturated heterocycles. The second-order valence-electron chi connectivity index (χ2n) is 4.09. The zero-order valence-electron chi connectivity index (χ0n) is 10.5. The monoisotopic (exact) mass is 266 g/mol. The highest BCUT2D eigenvalue weighted by Gasteiger charge is 2.22. The van der Waals surface area contributed by atoms with Crippen LogP contribution in [0.3, 0.4) is 0 Å². The lowest BCUT2D eigenvalue weighted by atomic mass is 10.1. The third-order valence-corrected chi connectivity index (χ3v) is 2.85. The summed E-state index contributed by atoms with van der Waals surface area (Å²) < 4.78 is 4.93. The highest BCUT2D eigenvalue weighted by atomic mass is 16.7. The maximum absolute atomic E-state index is 12.1. The third-order valence-electron chi connectivity index (χ3n) is 2.85. The van der Waals surface area contributed by atoms with Gasteiger partial charge in [0, 0.05) is 24.2 Å². The van der Waals surface area contributed by atoms with Crippen molar-refractivity contribution >= 4 is 11.6 Å². The maximum atomic E-state index is 12.1. The molecule has 1 amide bonds. The number of hydroxylamine groups is 2. The van der Waals surface area contributed by atoms with E-state index in [0.717, 1.165) is 12.8 Å². The molecule has 19 heavy (non-hydrogen) atoms. The molecule has 1 aliphatic heterocycles. The average Bonchev–Trinajstić information content (AvgIpc) is 2.46. The lowest BCUT2D eigenvalue weighted by molar-refractivity contribution is -0.385. The number of nitro groups is 1. The Kier molecular flexibility index (Phi) is 3.96. The minimum atomic E-state index is -0.551. The second-order valence-corrected chi connectivity index (χ2v) is 4.09. The van der Waals surface area contributed by atoms with Crippen LogP contribution in [0.2, 0.25) is 0 Å². The van der Waals surface area contributed by atoms with Crippen LogP contribution in [0.4, 0.5) is 5.69 Å². The van der Waals surface area contributed by atoms with Crippen LogP contribution in [0.25, 0.3) is 0 Å². The standard InChI is InChI=1S/C12H14N2O5/c1-18-11-8-9(4-5-10(11)14(16)17)12(15)13-6-2-3-7-19-13/h4-5,8H,2-3,6-7H2,1H3. The number of methoxy groups -OCH3 is 1. The number of ether oxygens (including phenoxy) is 1. The van der Waals surface area contributed by atoms with E-state index in [4.69, 9.17) is 9.57 Å². The molecular formula is C12H14N2O5. The predicted molar refractivity (Wildman–Crippen MR) is 65.9 cm³/mol. The van der Waals surface area contributed by atoms with Crippen molar-refractivity contribution in [1.82, 2.24) is 5.06 Å². The molecule has 1 heterocycles. The first-order valence-corrected chi connectivity index (χ1v) is 5.90. The number of amides is 1. The van der Waals surface area contributed by atoms with Crippen LogP contribution in [-0.2, 0) is 4.84 Å². The summed E-state index contributed by atoms with van der Waals surface area (Å²) in [6, 6.07) is 4.02. The summed E-state index contributed by atoms with van der Waals surface area (Å²) in [7, 11) is 1.33. The Morgan fingerprint density at radius 2 is 2.26 bits per heavy atom. The highest BCUT2D eigenvalue weighted by Crippen LogP contribution is 2.28. The molecule has 0 aliphatic carbocycles. The van der Waals surface area contributed by atoms with E-state index in [1.165, 1.54) is 30.4 Å². The van der Waals surface area contributed by atoms with Gasteiger partial charge in [-0.05, 0) is 18.9 Å². The van der Waals surface area contributed by atoms with Gasteiger partial charge in [-0.2, -0.15) is 0 Å². The van der Waals surface area contributed by atoms with Crippen LogP contribution in [0.5, 0.6) is 5.75 Å². The van der Waals surface area contributed by atoms with Crippen LogP contribution < -0.4 is 4.74 Å². The number of hydrogen-bond acceptors (Lipinski definition) is 5. The summed E-state index contributed by atoms with van der Waals surface area (Å²) in [5.41, 5.74) is 0.142. The van der Waals surface area contributed by atoms with Crippen molar-refractivity contribution < 1.29 is 19.3 Å². The van der Waals surface area contributed by atoms with E-state index in [2.05, 4.69) is 0 Å². The van der Waals surface area contributed by atoms with Gasteiger partial charge in [-0.3, -0.25) is 19.7 Å². The normalized spacial score (nSPS) is 15.1. The Morgan fingerprint density at radius 3 is 2.84 bits per heavy atom. The van der Waals surface area contributed by atoms with E-state index in [1.54, 1.807) is 0 Å². The van der Waals surface area contributed by atoms with Crippen molar-refractivity contribution in [2.75, 3.05) is 20.3 Å². The molecule has 1 aromatic carbocycles. The molecule has 0 bridgehead atoms. The van der Waals surface area contributed by atoms with Crippen molar-refractivity contribution in [3.05, 3.63) is 33.9 Å². The molecule has 0 spiro atoms. The van der Waals surface area contributed by atoms with Crippen LogP contribution in [0.1, 0.15) is 23.2 Å². The largest absolute Gasteiger partial charge is 0.490 e. The highest BCUT2D eigenvalue weighted by molar-refractivity contribution is 5.94. The van der Waals surface area contributed by atoms with E-state index in [0.29, 0.717) is 18.7 Å². The first-order chi connectivity index (χ1) is 9.13. The minimum Gasteiger partial charge on any atom is -0.490 e. The summed E-state index contributed by atoms with van der Waals surface area (Å²) in [5.74, 6) is -0.249. The molecule has 1 aromatic rings. The molecule has 0 unspecified atom stereocenters. The van der Waals surface area contributed by atoms with E-state index < -0.39 is 4.92 Å². The molecule has 7 heteroatoms. The minimum absolute atomic E-state index is 0.0628. The zero-order chi connectivity index (χ0) is 13.8. The van der Waals surface area contributed by atoms with Crippen LogP contribution in [0.15, 0.2) is 18.2 Å². The van der Waals surface area contributed by atoms with Gasteiger partial charge in [0.2, 0.25) is 0 Å². The molecule has 0 aromatic heterocycles. The van der Waals surface area contributed by atoms with Gasteiger partial charge in [0.15, 0.2) is 5.75 Å². The van der Waals surface area contributed by atoms with Gasteiger partial charge in [-0.1, -0.05) is 0 Å². The summed E-state index contributed by atoms with van der Waals surface area (Å²) in [6.45, 7) is 1.04. The molecule has 7 nitrogen and oxygen atoms in total. The summed E-state index contributed by atoms with van der Waals surface area (Å²) in [6.07, 6.45) is 1.81. The first kappa shape index (κ1) is 13.3. The Hall–Kier alpha value is -2.15. The topological polar surface area (TPSA) is 81.9 Å². The number of carbonyl (C=O) groups excluding carboxylic acids is 1. The fraction of sp³-hybridized carbons (Fsp3) is 0.417. The van der Waals surface area contributed by atoms with Crippen molar-refractivity contribution in [3.63, 3.8) is 0 Å². The van der Waals surface area contributed by atoms with Gasteiger partial charge in [-0.15, -0.1) is 0 Å². The molecule has 0 radical (unpaired) electrons. The molecule has 0 N–H and O–H groups in total. The third kappa shape index (κ3) is 2.82. The van der Waals surface area contributed by atoms with Gasteiger partial charge in [-0.25, -0.2) is 5.06 Å². The van der Waals surface area contributed by atoms with E-state index >= 15 is 0 Å². The Labute approximate surface area is 109 Å². The lowest BCUT2D eigenvalue weighted by Crippen LogP contribution is -2.35. The molecule has 1 fully saturated rings. The Bertz CT molecular complexity index is 497. The lowest BCUT2D eigenvalue weighted by Gasteiger charge is -2.25. The van der Waals surface area contributed by atoms with Gasteiger partial charge < -0.3 is 4.74 Å². The number of nitro benzene ring substituents is 1. The Morgan fingerprint density at radius 1 is 1.47 bits per heavy atom. The second kappa shape index (κ2) is 5.66. The molecule has 102 valence electrons. The van der Waals surface area contributed by atoms with Gasteiger partial charge in [0.25, 0.3) is 5.91 Å². The quantitative estimate of drug-likeness (QED) is 0.615. The van der Waals surface area contributed by atoms with Crippen molar-refractivity contribution in [3.8, 4) is 5.75 Å². The van der Waals surface area contributed by atoms with E-state index in [9.17, 15) is 14.9 Å². The fourth-order valence-corrected chi connectivity index (χ4v) is 1.86. The van der Waals surface area contributed by atoms with Gasteiger partial charge in [0.05, 0.1) is 18.6 Å². The SMILES string of the molecule is COc1cc(C(=O)N2CCCCO2)ccc1[N+](=O)[O-]. The van der Waals surface area contributed by atoms with Crippen LogP contribution in [-0.4, -0.2) is 36.2 Å². The molecule has 0 saturated carbocycles. The number of rotatable bonds is 3. The number of carbonyl (C=O) groups is 1. The average molecular weight is 266 g/mol. The van der Waals surface area contributed by atoms with Crippen molar-refractivity contribution in [2.45, 2.75) is 12.8 Å². The summed E-state index contributed by atoms with van der Waals surface area (Å²) in [4.78, 5) is 27.6. The van der Waals surface area contributed by atoms with Crippen LogP contribution in [0, 0.1) is 10.1 Å². The molecule has 0 atom stereocenters. The van der Waals surface area contributed by atoms with Crippen molar-refractivity contribution in [2.24, 2.45) is 0 Å². The number of hydrogen-bond donors (Lipinski definition) is 0. The number of benzene rings is 1. The molecule has 1 aliphatic rings.